The largest absolute Gasteiger partial charge is 0.288 e. The van der Waals surface area contributed by atoms with Crippen molar-refractivity contribution >= 4 is 27.4 Å². The Labute approximate surface area is 112 Å². The molecule has 0 aliphatic heterocycles. The fourth-order valence-electron chi connectivity index (χ4n) is 1.59. The Morgan fingerprint density at radius 2 is 1.78 bits per heavy atom. The minimum Gasteiger partial charge on any atom is -0.288 e. The molecule has 0 radical (unpaired) electrons. The van der Waals surface area contributed by atoms with Gasteiger partial charge in [0.05, 0.1) is 4.92 Å². The number of hydrogen-bond acceptors (Lipinski definition) is 3. The summed E-state index contributed by atoms with van der Waals surface area (Å²) in [5, 5.41) is 10.9. The number of hydrogen-bond donors (Lipinski definition) is 0. The zero-order chi connectivity index (χ0) is 13.1. The van der Waals surface area contributed by atoms with Crippen LogP contribution in [0, 0.1) is 10.1 Å². The van der Waals surface area contributed by atoms with Crippen LogP contribution in [0.25, 0.3) is 0 Å². The second-order valence-corrected chi connectivity index (χ2v) is 4.53. The molecule has 0 spiro atoms. The first-order chi connectivity index (χ1) is 8.59. The summed E-state index contributed by atoms with van der Waals surface area (Å²) in [5.74, 6) is -0.352. The van der Waals surface area contributed by atoms with Crippen LogP contribution in [0.15, 0.2) is 53.0 Å². The van der Waals surface area contributed by atoms with Gasteiger partial charge in [0.2, 0.25) is 0 Å². The average molecular weight is 306 g/mol. The van der Waals surface area contributed by atoms with Gasteiger partial charge in [0, 0.05) is 16.1 Å². The maximum absolute atomic E-state index is 12.2. The first kappa shape index (κ1) is 12.4. The summed E-state index contributed by atoms with van der Waals surface area (Å²) in [5.41, 5.74) is 0.329. The first-order valence-electron chi connectivity index (χ1n) is 5.13. The summed E-state index contributed by atoms with van der Waals surface area (Å²) in [6, 6.07) is 12.9. The number of carbonyl (C=O) groups is 1. The Morgan fingerprint density at radius 1 is 1.11 bits per heavy atom. The van der Waals surface area contributed by atoms with E-state index in [-0.39, 0.29) is 17.0 Å². The molecule has 0 N–H and O–H groups in total. The van der Waals surface area contributed by atoms with Gasteiger partial charge in [0.15, 0.2) is 5.78 Å². The Kier molecular flexibility index (Phi) is 3.53. The molecule has 2 aromatic rings. The minimum absolute atomic E-state index is 0.0920. The minimum atomic E-state index is -0.555. The Balaban J connectivity index is 2.52. The monoisotopic (exact) mass is 305 g/mol. The molecule has 4 nitrogen and oxygen atoms in total. The Morgan fingerprint density at radius 3 is 2.39 bits per heavy atom. The van der Waals surface area contributed by atoms with Crippen LogP contribution in [0.3, 0.4) is 0 Å². The molecule has 0 saturated heterocycles. The summed E-state index contributed by atoms with van der Waals surface area (Å²) in [6.07, 6.45) is 0. The summed E-state index contributed by atoms with van der Waals surface area (Å²) in [4.78, 5) is 22.6. The van der Waals surface area contributed by atoms with Crippen LogP contribution in [0.4, 0.5) is 5.69 Å². The highest BCUT2D eigenvalue weighted by Crippen LogP contribution is 2.25. The molecular formula is C13H8BrNO3. The maximum Gasteiger partial charge on any atom is 0.281 e. The van der Waals surface area contributed by atoms with E-state index in [1.54, 1.807) is 36.4 Å². The van der Waals surface area contributed by atoms with E-state index >= 15 is 0 Å². The molecule has 18 heavy (non-hydrogen) atoms. The van der Waals surface area contributed by atoms with Crippen LogP contribution >= 0.6 is 15.9 Å². The summed E-state index contributed by atoms with van der Waals surface area (Å²) in [6.45, 7) is 0. The molecule has 0 saturated carbocycles. The quantitative estimate of drug-likeness (QED) is 0.494. The molecule has 90 valence electrons. The number of nitro benzene ring substituents is 1. The van der Waals surface area contributed by atoms with Gasteiger partial charge in [0.1, 0.15) is 5.56 Å². The van der Waals surface area contributed by atoms with E-state index in [1.807, 2.05) is 0 Å². The van der Waals surface area contributed by atoms with Gasteiger partial charge in [-0.15, -0.1) is 0 Å². The van der Waals surface area contributed by atoms with Crippen LogP contribution in [0.2, 0.25) is 0 Å². The van der Waals surface area contributed by atoms with Gasteiger partial charge in [0.25, 0.3) is 5.69 Å². The third-order valence-corrected chi connectivity index (χ3v) is 2.93. The smallest absolute Gasteiger partial charge is 0.281 e. The van der Waals surface area contributed by atoms with Crippen molar-refractivity contribution in [3.63, 3.8) is 0 Å². The molecule has 5 heteroatoms. The fraction of sp³-hybridized carbons (Fsp3) is 0. The number of halogens is 1. The summed E-state index contributed by atoms with van der Waals surface area (Å²) in [7, 11) is 0. The highest BCUT2D eigenvalue weighted by molar-refractivity contribution is 9.10. The number of ketones is 1. The predicted molar refractivity (Wildman–Crippen MR) is 70.7 cm³/mol. The maximum atomic E-state index is 12.2. The molecule has 0 unspecified atom stereocenters. The van der Waals surface area contributed by atoms with Crippen molar-refractivity contribution in [1.82, 2.24) is 0 Å². The number of benzene rings is 2. The van der Waals surface area contributed by atoms with Gasteiger partial charge in [-0.3, -0.25) is 14.9 Å². The van der Waals surface area contributed by atoms with Crippen LogP contribution < -0.4 is 0 Å². The standard InChI is InChI=1S/C13H8BrNO3/c14-10-6-7-11(12(8-10)15(17)18)13(16)9-4-2-1-3-5-9/h1-8H. The van der Waals surface area contributed by atoms with Gasteiger partial charge >= 0.3 is 0 Å². The molecule has 0 fully saturated rings. The van der Waals surface area contributed by atoms with Gasteiger partial charge in [-0.05, 0) is 12.1 Å². The number of nitro groups is 1. The van der Waals surface area contributed by atoms with E-state index in [0.717, 1.165) is 0 Å². The van der Waals surface area contributed by atoms with E-state index in [2.05, 4.69) is 15.9 Å². The lowest BCUT2D eigenvalue weighted by Gasteiger charge is -2.03. The summed E-state index contributed by atoms with van der Waals surface area (Å²) >= 11 is 3.15. The van der Waals surface area contributed by atoms with Crippen molar-refractivity contribution in [2.24, 2.45) is 0 Å². The molecule has 0 aliphatic carbocycles. The molecule has 2 aromatic carbocycles. The van der Waals surface area contributed by atoms with E-state index in [4.69, 9.17) is 0 Å². The highest BCUT2D eigenvalue weighted by atomic mass is 79.9. The van der Waals surface area contributed by atoms with Crippen molar-refractivity contribution < 1.29 is 9.72 Å². The van der Waals surface area contributed by atoms with E-state index < -0.39 is 4.92 Å². The predicted octanol–water partition coefficient (Wildman–Crippen LogP) is 3.59. The average Bonchev–Trinajstić information content (AvgIpc) is 2.39. The lowest BCUT2D eigenvalue weighted by atomic mass is 10.0. The lowest BCUT2D eigenvalue weighted by Crippen LogP contribution is -2.05. The molecule has 2 rings (SSSR count). The zero-order valence-corrected chi connectivity index (χ0v) is 10.8. The lowest BCUT2D eigenvalue weighted by molar-refractivity contribution is -0.385. The molecule has 0 bridgehead atoms. The third-order valence-electron chi connectivity index (χ3n) is 2.44. The van der Waals surface area contributed by atoms with Crippen molar-refractivity contribution in [2.45, 2.75) is 0 Å². The number of carbonyl (C=O) groups excluding carboxylic acids is 1. The Bertz CT molecular complexity index is 611. The van der Waals surface area contributed by atoms with Gasteiger partial charge in [-0.25, -0.2) is 0 Å². The van der Waals surface area contributed by atoms with Crippen molar-refractivity contribution in [2.75, 3.05) is 0 Å². The van der Waals surface area contributed by atoms with Crippen molar-refractivity contribution in [3.8, 4) is 0 Å². The second-order valence-electron chi connectivity index (χ2n) is 3.61. The van der Waals surface area contributed by atoms with E-state index in [9.17, 15) is 14.9 Å². The first-order valence-corrected chi connectivity index (χ1v) is 5.92. The molecule has 0 atom stereocenters. The van der Waals surface area contributed by atoms with E-state index in [0.29, 0.717) is 10.0 Å². The fourth-order valence-corrected chi connectivity index (χ4v) is 1.94. The normalized spacial score (nSPS) is 10.1. The number of nitrogens with zero attached hydrogens (tertiary/aromatic N) is 1. The zero-order valence-electron chi connectivity index (χ0n) is 9.17. The Hall–Kier alpha value is -2.01. The van der Waals surface area contributed by atoms with Crippen molar-refractivity contribution in [3.05, 3.63) is 74.2 Å². The second kappa shape index (κ2) is 5.10. The van der Waals surface area contributed by atoms with Gasteiger partial charge in [-0.2, -0.15) is 0 Å². The summed E-state index contributed by atoms with van der Waals surface area (Å²) < 4.78 is 0.568. The van der Waals surface area contributed by atoms with E-state index in [1.165, 1.54) is 12.1 Å². The molecule has 0 aliphatic rings. The topological polar surface area (TPSA) is 60.2 Å². The molecule has 0 amide bonds. The SMILES string of the molecule is O=C(c1ccccc1)c1ccc(Br)cc1[N+](=O)[O-]. The molecule has 0 aromatic heterocycles. The highest BCUT2D eigenvalue weighted by Gasteiger charge is 2.21. The number of rotatable bonds is 3. The van der Waals surface area contributed by atoms with Crippen LogP contribution in [-0.2, 0) is 0 Å². The van der Waals surface area contributed by atoms with Crippen molar-refractivity contribution in [1.29, 1.82) is 0 Å². The van der Waals surface area contributed by atoms with Crippen LogP contribution in [-0.4, -0.2) is 10.7 Å². The van der Waals surface area contributed by atoms with Gasteiger partial charge in [-0.1, -0.05) is 46.3 Å². The van der Waals surface area contributed by atoms with Gasteiger partial charge < -0.3 is 0 Å². The molecular weight excluding hydrogens is 298 g/mol. The third kappa shape index (κ3) is 2.46. The van der Waals surface area contributed by atoms with Crippen LogP contribution in [0.1, 0.15) is 15.9 Å². The van der Waals surface area contributed by atoms with Crippen LogP contribution in [0.5, 0.6) is 0 Å². The molecule has 0 heterocycles.